The Bertz CT molecular complexity index is 942. The monoisotopic (exact) mass is 351 g/mol. The quantitative estimate of drug-likeness (QED) is 0.395. The molecule has 0 fully saturated rings. The van der Waals surface area contributed by atoms with Crippen molar-refractivity contribution in [3.05, 3.63) is 109 Å². The van der Waals surface area contributed by atoms with Crippen molar-refractivity contribution in [3.8, 4) is 22.3 Å². The molecular weight excluding hydrogens is 326 g/mol. The molecule has 1 heteroatoms. The van der Waals surface area contributed by atoms with Gasteiger partial charge >= 0.3 is 0 Å². The zero-order chi connectivity index (χ0) is 18.9. The van der Waals surface area contributed by atoms with Gasteiger partial charge in [0.15, 0.2) is 0 Å². The van der Waals surface area contributed by atoms with E-state index in [1.54, 1.807) is 0 Å². The third kappa shape index (κ3) is 4.65. The van der Waals surface area contributed by atoms with Gasteiger partial charge in [-0.05, 0) is 34.9 Å². The Morgan fingerprint density at radius 1 is 0.444 bits per heavy atom. The fourth-order valence-electron chi connectivity index (χ4n) is 2.99. The molecule has 0 aliphatic rings. The lowest BCUT2D eigenvalue weighted by atomic mass is 10.0. The highest BCUT2D eigenvalue weighted by Gasteiger charge is 2.05. The molecule has 1 nitrogen and oxygen atoms in total. The molecule has 4 aromatic rings. The molecule has 0 aliphatic heterocycles. The summed E-state index contributed by atoms with van der Waals surface area (Å²) in [6.45, 7) is 4.00. The number of nitrogens with one attached hydrogen (secondary N) is 1. The van der Waals surface area contributed by atoms with Crippen LogP contribution in [0.5, 0.6) is 0 Å². The molecule has 0 saturated heterocycles. The zero-order valence-electron chi connectivity index (χ0n) is 15.9. The maximum Gasteiger partial charge on any atom is 0.0463 e. The number of hydrogen-bond donors (Lipinski definition) is 1. The van der Waals surface area contributed by atoms with E-state index >= 15 is 0 Å². The van der Waals surface area contributed by atoms with Gasteiger partial charge in [0.1, 0.15) is 0 Å². The fourth-order valence-corrected chi connectivity index (χ4v) is 2.99. The predicted molar refractivity (Wildman–Crippen MR) is 118 cm³/mol. The second kappa shape index (κ2) is 9.40. The summed E-state index contributed by atoms with van der Waals surface area (Å²) in [7, 11) is 0. The molecule has 1 N–H and O–H groups in total. The summed E-state index contributed by atoms with van der Waals surface area (Å²) in [5, 5.41) is 3.55. The smallest absolute Gasteiger partial charge is 0.0463 e. The van der Waals surface area contributed by atoms with Crippen LogP contribution in [-0.4, -0.2) is 0 Å². The van der Waals surface area contributed by atoms with Crippen LogP contribution in [0.2, 0.25) is 0 Å². The molecule has 4 rings (SSSR count). The lowest BCUT2D eigenvalue weighted by molar-refractivity contribution is 1.50. The van der Waals surface area contributed by atoms with Crippen molar-refractivity contribution in [3.63, 3.8) is 0 Å². The molecule has 0 atom stereocenters. The Labute approximate surface area is 162 Å². The van der Waals surface area contributed by atoms with E-state index in [4.69, 9.17) is 0 Å². The highest BCUT2D eigenvalue weighted by Crippen LogP contribution is 2.30. The van der Waals surface area contributed by atoms with Gasteiger partial charge in [0.25, 0.3) is 0 Å². The largest absolute Gasteiger partial charge is 0.355 e. The minimum absolute atomic E-state index is 1.09. The Morgan fingerprint density at radius 3 is 1.56 bits per heavy atom. The summed E-state index contributed by atoms with van der Waals surface area (Å²) < 4.78 is 0. The van der Waals surface area contributed by atoms with Gasteiger partial charge in [0.05, 0.1) is 0 Å². The summed E-state index contributed by atoms with van der Waals surface area (Å²) >= 11 is 0. The fraction of sp³-hybridized carbons (Fsp3) is 0.0769. The Morgan fingerprint density at radius 2 is 0.926 bits per heavy atom. The van der Waals surface area contributed by atoms with Gasteiger partial charge in [-0.3, -0.25) is 0 Å². The molecule has 0 bridgehead atoms. The number of hydrogen-bond acceptors (Lipinski definition) is 1. The topological polar surface area (TPSA) is 12.0 Å². The highest BCUT2D eigenvalue weighted by atomic mass is 14.9. The number of rotatable bonds is 4. The molecule has 0 amide bonds. The second-order valence-electron chi connectivity index (χ2n) is 5.98. The molecule has 27 heavy (non-hydrogen) atoms. The van der Waals surface area contributed by atoms with Crippen molar-refractivity contribution < 1.29 is 0 Å². The summed E-state index contributed by atoms with van der Waals surface area (Å²) in [5.74, 6) is 0. The van der Waals surface area contributed by atoms with Crippen LogP contribution in [0.15, 0.2) is 109 Å². The Kier molecular flexibility index (Phi) is 6.43. The minimum atomic E-state index is 1.09. The second-order valence-corrected chi connectivity index (χ2v) is 5.98. The predicted octanol–water partition coefficient (Wildman–Crippen LogP) is 7.79. The third-order valence-electron chi connectivity index (χ3n) is 4.28. The first-order chi connectivity index (χ1) is 13.4. The average Bonchev–Trinajstić information content (AvgIpc) is 2.77. The van der Waals surface area contributed by atoms with E-state index in [-0.39, 0.29) is 0 Å². The van der Waals surface area contributed by atoms with Gasteiger partial charge in [0.2, 0.25) is 0 Å². The molecule has 0 unspecified atom stereocenters. The van der Waals surface area contributed by atoms with Crippen LogP contribution >= 0.6 is 0 Å². The van der Waals surface area contributed by atoms with Crippen LogP contribution < -0.4 is 5.32 Å². The van der Waals surface area contributed by atoms with Crippen LogP contribution in [0.4, 0.5) is 11.4 Å². The first-order valence-electron chi connectivity index (χ1n) is 9.47. The first kappa shape index (κ1) is 18.5. The SMILES string of the molecule is CC.c1ccc(-c2ccc(Nc3ccccc3-c3ccccc3)cc2)cc1. The summed E-state index contributed by atoms with van der Waals surface area (Å²) in [6, 6.07) is 37.9. The van der Waals surface area contributed by atoms with Gasteiger partial charge in [0, 0.05) is 16.9 Å². The van der Waals surface area contributed by atoms with E-state index < -0.39 is 0 Å². The maximum atomic E-state index is 3.55. The standard InChI is InChI=1S/C24H19N.C2H6/c1-3-9-19(10-4-1)20-15-17-22(18-16-20)25-24-14-8-7-13-23(24)21-11-5-2-6-12-21;1-2/h1-18,25H;1-2H3. The van der Waals surface area contributed by atoms with E-state index in [1.165, 1.54) is 22.3 Å². The van der Waals surface area contributed by atoms with Crippen LogP contribution in [0, 0.1) is 0 Å². The summed E-state index contributed by atoms with van der Waals surface area (Å²) in [6.07, 6.45) is 0. The van der Waals surface area contributed by atoms with Crippen molar-refractivity contribution in [2.45, 2.75) is 13.8 Å². The van der Waals surface area contributed by atoms with E-state index in [0.29, 0.717) is 0 Å². The molecule has 0 radical (unpaired) electrons. The molecule has 0 saturated carbocycles. The Hall–Kier alpha value is -3.32. The number of benzene rings is 4. The molecule has 0 heterocycles. The van der Waals surface area contributed by atoms with Crippen LogP contribution in [0.1, 0.15) is 13.8 Å². The van der Waals surface area contributed by atoms with Gasteiger partial charge in [-0.2, -0.15) is 0 Å². The first-order valence-corrected chi connectivity index (χ1v) is 9.47. The molecule has 0 aliphatic carbocycles. The van der Waals surface area contributed by atoms with Crippen LogP contribution in [0.25, 0.3) is 22.3 Å². The van der Waals surface area contributed by atoms with E-state index in [0.717, 1.165) is 11.4 Å². The van der Waals surface area contributed by atoms with Gasteiger partial charge in [-0.15, -0.1) is 0 Å². The number of para-hydroxylation sites is 1. The van der Waals surface area contributed by atoms with Crippen molar-refractivity contribution in [2.24, 2.45) is 0 Å². The lowest BCUT2D eigenvalue weighted by Crippen LogP contribution is -1.93. The van der Waals surface area contributed by atoms with E-state index in [2.05, 4.69) is 102 Å². The molecule has 0 aromatic heterocycles. The van der Waals surface area contributed by atoms with Gasteiger partial charge in [-0.1, -0.05) is 105 Å². The average molecular weight is 351 g/mol. The number of anilines is 2. The zero-order valence-corrected chi connectivity index (χ0v) is 15.9. The molecule has 0 spiro atoms. The Balaban J connectivity index is 0.00000102. The van der Waals surface area contributed by atoms with Crippen molar-refractivity contribution in [2.75, 3.05) is 5.32 Å². The lowest BCUT2D eigenvalue weighted by Gasteiger charge is -2.13. The van der Waals surface area contributed by atoms with Crippen LogP contribution in [0.3, 0.4) is 0 Å². The van der Waals surface area contributed by atoms with E-state index in [1.807, 2.05) is 26.0 Å². The van der Waals surface area contributed by atoms with Gasteiger partial charge in [-0.25, -0.2) is 0 Å². The van der Waals surface area contributed by atoms with Gasteiger partial charge < -0.3 is 5.32 Å². The third-order valence-corrected chi connectivity index (χ3v) is 4.28. The highest BCUT2D eigenvalue weighted by molar-refractivity contribution is 5.81. The van der Waals surface area contributed by atoms with Crippen molar-refractivity contribution in [1.29, 1.82) is 0 Å². The summed E-state index contributed by atoms with van der Waals surface area (Å²) in [5.41, 5.74) is 7.08. The molecular formula is C26H25N. The normalized spacial score (nSPS) is 9.85. The maximum absolute atomic E-state index is 3.55. The summed E-state index contributed by atoms with van der Waals surface area (Å²) in [4.78, 5) is 0. The molecule has 134 valence electrons. The van der Waals surface area contributed by atoms with Crippen LogP contribution in [-0.2, 0) is 0 Å². The van der Waals surface area contributed by atoms with E-state index in [9.17, 15) is 0 Å². The molecule has 4 aromatic carbocycles. The van der Waals surface area contributed by atoms with Crippen molar-refractivity contribution in [1.82, 2.24) is 0 Å². The minimum Gasteiger partial charge on any atom is -0.355 e. The van der Waals surface area contributed by atoms with Crippen molar-refractivity contribution >= 4 is 11.4 Å².